The highest BCUT2D eigenvalue weighted by Crippen LogP contribution is 2.34. The van der Waals surface area contributed by atoms with Gasteiger partial charge in [0.05, 0.1) is 11.6 Å². The second-order valence-electron chi connectivity index (χ2n) is 7.74. The maximum absolute atomic E-state index is 12.9. The Morgan fingerprint density at radius 2 is 1.92 bits per heavy atom. The molecule has 0 radical (unpaired) electrons. The number of nitrogens with one attached hydrogen (secondary N) is 3. The molecule has 13 heteroatoms. The molecule has 36 heavy (non-hydrogen) atoms. The van der Waals surface area contributed by atoms with Crippen molar-refractivity contribution < 1.29 is 31.4 Å². The molecule has 4 N–H and O–H groups in total. The number of alkyl halides is 3. The summed E-state index contributed by atoms with van der Waals surface area (Å²) in [4.78, 5) is 3.84. The van der Waals surface area contributed by atoms with Gasteiger partial charge in [0.25, 0.3) is 10.0 Å². The van der Waals surface area contributed by atoms with Crippen LogP contribution in [0.15, 0.2) is 71.9 Å². The first-order valence-corrected chi connectivity index (χ1v) is 12.2. The number of rotatable bonds is 10. The molecule has 2 heterocycles. The number of aromatic amines is 1. The second-order valence-corrected chi connectivity index (χ2v) is 9.37. The van der Waals surface area contributed by atoms with Gasteiger partial charge in [0, 0.05) is 36.4 Å². The van der Waals surface area contributed by atoms with Gasteiger partial charge in [-0.05, 0) is 42.0 Å². The molecule has 190 valence electrons. The van der Waals surface area contributed by atoms with Gasteiger partial charge in [0.1, 0.15) is 18.1 Å². The first-order valence-electron chi connectivity index (χ1n) is 10.7. The van der Waals surface area contributed by atoms with Gasteiger partial charge in [-0.2, -0.15) is 26.7 Å². The third-order valence-electron chi connectivity index (χ3n) is 5.13. The van der Waals surface area contributed by atoms with Crippen LogP contribution in [-0.2, 0) is 16.2 Å². The van der Waals surface area contributed by atoms with E-state index in [9.17, 15) is 26.7 Å². The molecule has 0 amide bonds. The lowest BCUT2D eigenvalue weighted by atomic mass is 10.1. The Hall–Kier alpha value is -3.68. The van der Waals surface area contributed by atoms with Gasteiger partial charge in [-0.25, -0.2) is 4.98 Å². The smallest absolute Gasteiger partial charge is 0.433 e. The number of aliphatic hydroxyl groups excluding tert-OH is 1. The van der Waals surface area contributed by atoms with Crippen LogP contribution in [0.4, 0.5) is 18.9 Å². The number of hydrogen-bond donors (Lipinski definition) is 4. The maximum Gasteiger partial charge on any atom is 0.433 e. The third kappa shape index (κ3) is 6.11. The average Bonchev–Trinajstić information content (AvgIpc) is 3.28. The number of H-pyrrole nitrogens is 1. The van der Waals surface area contributed by atoms with Gasteiger partial charge in [0.15, 0.2) is 5.03 Å². The number of halogens is 3. The molecule has 9 nitrogen and oxygen atoms in total. The summed E-state index contributed by atoms with van der Waals surface area (Å²) in [5.41, 5.74) is 0.00660. The minimum atomic E-state index is -4.52. The van der Waals surface area contributed by atoms with Crippen molar-refractivity contribution in [3.05, 3.63) is 78.1 Å². The SMILES string of the molecule is O=S(=O)(Nc1cccc(C(O)CNCCOc2ccc3c(C(F)(F)F)[nH]nc3c2)c1)c1ccccn1. The number of anilines is 1. The number of aliphatic hydroxyl groups is 1. The van der Waals surface area contributed by atoms with Crippen LogP contribution in [-0.4, -0.2) is 48.4 Å². The fourth-order valence-electron chi connectivity index (χ4n) is 3.42. The Morgan fingerprint density at radius 1 is 1.08 bits per heavy atom. The zero-order valence-electron chi connectivity index (χ0n) is 18.7. The lowest BCUT2D eigenvalue weighted by Gasteiger charge is -2.14. The molecule has 4 aromatic rings. The lowest BCUT2D eigenvalue weighted by molar-refractivity contribution is -0.139. The van der Waals surface area contributed by atoms with Gasteiger partial charge in [0.2, 0.25) is 0 Å². The number of benzene rings is 2. The van der Waals surface area contributed by atoms with E-state index < -0.39 is 28.0 Å². The molecule has 1 atom stereocenters. The van der Waals surface area contributed by atoms with Crippen molar-refractivity contribution in [2.45, 2.75) is 17.3 Å². The molecule has 2 aromatic heterocycles. The van der Waals surface area contributed by atoms with Crippen LogP contribution in [0.5, 0.6) is 5.75 Å². The van der Waals surface area contributed by atoms with E-state index in [1.54, 1.807) is 30.3 Å². The molecule has 0 spiro atoms. The minimum absolute atomic E-state index is 0.0411. The molecule has 0 aliphatic heterocycles. The van der Waals surface area contributed by atoms with Gasteiger partial charge in [-0.15, -0.1) is 0 Å². The molecule has 4 rings (SSSR count). The predicted molar refractivity (Wildman–Crippen MR) is 126 cm³/mol. The Labute approximate surface area is 204 Å². The largest absolute Gasteiger partial charge is 0.492 e. The van der Waals surface area contributed by atoms with Gasteiger partial charge in [-0.3, -0.25) is 9.82 Å². The molecular formula is C23H22F3N5O4S. The second kappa shape index (κ2) is 10.5. The lowest BCUT2D eigenvalue weighted by Crippen LogP contribution is -2.26. The van der Waals surface area contributed by atoms with E-state index in [4.69, 9.17) is 4.74 Å². The Balaban J connectivity index is 1.27. The topological polar surface area (TPSA) is 129 Å². The van der Waals surface area contributed by atoms with E-state index in [1.807, 2.05) is 5.10 Å². The highest BCUT2D eigenvalue weighted by atomic mass is 32.2. The summed E-state index contributed by atoms with van der Waals surface area (Å²) in [7, 11) is -3.86. The summed E-state index contributed by atoms with van der Waals surface area (Å²) in [5.74, 6) is 0.359. The minimum Gasteiger partial charge on any atom is -0.492 e. The van der Waals surface area contributed by atoms with E-state index in [0.29, 0.717) is 17.9 Å². The molecule has 0 saturated carbocycles. The summed E-state index contributed by atoms with van der Waals surface area (Å²) >= 11 is 0. The van der Waals surface area contributed by atoms with E-state index in [-0.39, 0.29) is 34.8 Å². The Morgan fingerprint density at radius 3 is 2.67 bits per heavy atom. The van der Waals surface area contributed by atoms with Crippen LogP contribution in [0.2, 0.25) is 0 Å². The van der Waals surface area contributed by atoms with Gasteiger partial charge < -0.3 is 15.2 Å². The summed E-state index contributed by atoms with van der Waals surface area (Å²) in [6.45, 7) is 0.696. The van der Waals surface area contributed by atoms with Crippen LogP contribution in [0.1, 0.15) is 17.4 Å². The molecular weight excluding hydrogens is 499 g/mol. The van der Waals surface area contributed by atoms with E-state index >= 15 is 0 Å². The number of hydrogen-bond acceptors (Lipinski definition) is 7. The van der Waals surface area contributed by atoms with Crippen molar-refractivity contribution in [1.82, 2.24) is 20.5 Å². The highest BCUT2D eigenvalue weighted by molar-refractivity contribution is 7.92. The zero-order valence-corrected chi connectivity index (χ0v) is 19.5. The summed E-state index contributed by atoms with van der Waals surface area (Å²) < 4.78 is 71.7. The van der Waals surface area contributed by atoms with Crippen LogP contribution in [0.25, 0.3) is 10.9 Å². The quantitative estimate of drug-likeness (QED) is 0.235. The van der Waals surface area contributed by atoms with Gasteiger partial charge >= 0.3 is 6.18 Å². The molecule has 0 fully saturated rings. The number of aromatic nitrogens is 3. The van der Waals surface area contributed by atoms with Crippen LogP contribution in [0.3, 0.4) is 0 Å². The van der Waals surface area contributed by atoms with E-state index in [0.717, 1.165) is 0 Å². The summed E-state index contributed by atoms with van der Waals surface area (Å²) in [5, 5.41) is 19.0. The van der Waals surface area contributed by atoms with Crippen LogP contribution < -0.4 is 14.8 Å². The van der Waals surface area contributed by atoms with Gasteiger partial charge in [-0.1, -0.05) is 18.2 Å². The Bertz CT molecular complexity index is 1430. The standard InChI is InChI=1S/C23H22F3N5O4S/c24-23(25,26)22-18-8-7-17(13-19(18)29-30-22)35-11-10-27-14-20(32)15-4-3-5-16(12-15)31-36(33,34)21-6-1-2-9-28-21/h1-9,12-13,20,27,31-32H,10-11,14H2,(H,29,30). The molecule has 0 aliphatic rings. The van der Waals surface area contributed by atoms with Crippen LogP contribution in [0, 0.1) is 0 Å². The summed E-state index contributed by atoms with van der Waals surface area (Å²) in [6.07, 6.45) is -4.07. The number of sulfonamides is 1. The first-order chi connectivity index (χ1) is 17.1. The number of pyridine rings is 1. The first kappa shape index (κ1) is 25.4. The highest BCUT2D eigenvalue weighted by Gasteiger charge is 2.35. The molecule has 2 aromatic carbocycles. The summed E-state index contributed by atoms with van der Waals surface area (Å²) in [6, 6.07) is 15.1. The predicted octanol–water partition coefficient (Wildman–Crippen LogP) is 3.48. The molecule has 0 aliphatic carbocycles. The Kier molecular flexibility index (Phi) is 7.43. The number of ether oxygens (including phenoxy) is 1. The fraction of sp³-hybridized carbons (Fsp3) is 0.217. The maximum atomic E-state index is 12.9. The van der Waals surface area contributed by atoms with Crippen LogP contribution >= 0.6 is 0 Å². The average molecular weight is 522 g/mol. The molecule has 0 saturated heterocycles. The van der Waals surface area contributed by atoms with Crippen molar-refractivity contribution in [2.75, 3.05) is 24.4 Å². The van der Waals surface area contributed by atoms with Crippen molar-refractivity contribution >= 4 is 26.6 Å². The number of nitrogens with zero attached hydrogens (tertiary/aromatic N) is 2. The van der Waals surface area contributed by atoms with Crippen molar-refractivity contribution in [3.8, 4) is 5.75 Å². The van der Waals surface area contributed by atoms with Crippen molar-refractivity contribution in [1.29, 1.82) is 0 Å². The molecule has 0 bridgehead atoms. The van der Waals surface area contributed by atoms with E-state index in [2.05, 4.69) is 20.1 Å². The van der Waals surface area contributed by atoms with Crippen molar-refractivity contribution in [3.63, 3.8) is 0 Å². The van der Waals surface area contributed by atoms with E-state index in [1.165, 1.54) is 36.5 Å². The third-order valence-corrected chi connectivity index (χ3v) is 6.43. The van der Waals surface area contributed by atoms with Crippen molar-refractivity contribution in [2.24, 2.45) is 0 Å². The fourth-order valence-corrected chi connectivity index (χ4v) is 4.42. The zero-order chi connectivity index (χ0) is 25.8. The normalized spacial score (nSPS) is 13.0. The molecule has 1 unspecified atom stereocenters. The monoisotopic (exact) mass is 521 g/mol. The number of fused-ring (bicyclic) bond motifs is 1.